The minimum absolute atomic E-state index is 0.313. The predicted molar refractivity (Wildman–Crippen MR) is 70.7 cm³/mol. The third-order valence-electron chi connectivity index (χ3n) is 2.53. The summed E-state index contributed by atoms with van der Waals surface area (Å²) in [4.78, 5) is 0.313. The molecule has 0 spiro atoms. The Morgan fingerprint density at radius 1 is 1.12 bits per heavy atom. The maximum Gasteiger partial charge on any atom is 0.240 e. The Balaban J connectivity index is 2.62. The first-order valence-electron chi connectivity index (χ1n) is 5.87. The van der Waals surface area contributed by atoms with E-state index in [1.165, 1.54) is 0 Å². The molecule has 0 amide bonds. The zero-order valence-corrected chi connectivity index (χ0v) is 11.2. The largest absolute Gasteiger partial charge is 0.388 e. The van der Waals surface area contributed by atoms with Crippen LogP contribution in [0.1, 0.15) is 26.2 Å². The van der Waals surface area contributed by atoms with Gasteiger partial charge in [-0.25, -0.2) is 13.1 Å². The van der Waals surface area contributed by atoms with Crippen molar-refractivity contribution in [3.63, 3.8) is 0 Å². The molecule has 1 aromatic carbocycles. The molecule has 2 N–H and O–H groups in total. The molecule has 0 saturated heterocycles. The molecule has 0 saturated carbocycles. The first-order valence-corrected chi connectivity index (χ1v) is 7.36. The molecule has 0 aromatic heterocycles. The lowest BCUT2D eigenvalue weighted by Crippen LogP contribution is -2.24. The van der Waals surface area contributed by atoms with Gasteiger partial charge in [-0.05, 0) is 30.7 Å². The highest BCUT2D eigenvalue weighted by atomic mass is 32.2. The van der Waals surface area contributed by atoms with E-state index in [4.69, 9.17) is 0 Å². The lowest BCUT2D eigenvalue weighted by Gasteiger charge is -2.07. The quantitative estimate of drug-likeness (QED) is 0.735. The molecule has 0 aliphatic rings. The minimum Gasteiger partial charge on any atom is -0.388 e. The van der Waals surface area contributed by atoms with E-state index in [-0.39, 0.29) is 0 Å². The number of sulfonamides is 1. The second-order valence-corrected chi connectivity index (χ2v) is 5.65. The van der Waals surface area contributed by atoms with Gasteiger partial charge in [0.1, 0.15) is 0 Å². The summed E-state index contributed by atoms with van der Waals surface area (Å²) >= 11 is 0. The van der Waals surface area contributed by atoms with Crippen molar-refractivity contribution in [1.29, 1.82) is 0 Å². The Kier molecular flexibility index (Phi) is 5.44. The first kappa shape index (κ1) is 14.0. The van der Waals surface area contributed by atoms with Gasteiger partial charge in [-0.2, -0.15) is 0 Å². The van der Waals surface area contributed by atoms with E-state index in [1.807, 2.05) is 0 Å². The molecule has 1 rings (SSSR count). The van der Waals surface area contributed by atoms with E-state index in [1.54, 1.807) is 31.3 Å². The molecule has 0 fully saturated rings. The summed E-state index contributed by atoms with van der Waals surface area (Å²) in [6.07, 6.45) is 3.00. The minimum atomic E-state index is -3.34. The van der Waals surface area contributed by atoms with Crippen LogP contribution in [-0.2, 0) is 10.0 Å². The van der Waals surface area contributed by atoms with Crippen molar-refractivity contribution in [3.8, 4) is 0 Å². The molecule has 0 bridgehead atoms. The van der Waals surface area contributed by atoms with Gasteiger partial charge < -0.3 is 5.32 Å². The number of hydrogen-bond donors (Lipinski definition) is 2. The molecular weight excluding hydrogens is 236 g/mol. The smallest absolute Gasteiger partial charge is 0.240 e. The van der Waals surface area contributed by atoms with Crippen molar-refractivity contribution in [2.75, 3.05) is 18.9 Å². The molecule has 0 unspecified atom stereocenters. The van der Waals surface area contributed by atoms with E-state index in [2.05, 4.69) is 17.0 Å². The van der Waals surface area contributed by atoms with Crippen LogP contribution in [0.2, 0.25) is 0 Å². The molecule has 0 atom stereocenters. The summed E-state index contributed by atoms with van der Waals surface area (Å²) < 4.78 is 26.3. The highest BCUT2D eigenvalue weighted by molar-refractivity contribution is 7.89. The Morgan fingerprint density at radius 2 is 1.76 bits per heavy atom. The fourth-order valence-corrected chi connectivity index (χ4v) is 2.54. The van der Waals surface area contributed by atoms with E-state index in [0.717, 1.165) is 24.9 Å². The molecule has 1 aromatic rings. The highest BCUT2D eigenvalue weighted by Crippen LogP contribution is 2.13. The average molecular weight is 256 g/mol. The third-order valence-corrected chi connectivity index (χ3v) is 4.00. The Labute approximate surface area is 103 Å². The molecule has 4 nitrogen and oxygen atoms in total. The third kappa shape index (κ3) is 4.36. The second-order valence-electron chi connectivity index (χ2n) is 3.88. The Morgan fingerprint density at radius 3 is 2.29 bits per heavy atom. The van der Waals surface area contributed by atoms with Gasteiger partial charge >= 0.3 is 0 Å². The second kappa shape index (κ2) is 6.61. The molecule has 0 aliphatic heterocycles. The van der Waals surface area contributed by atoms with E-state index < -0.39 is 10.0 Å². The number of nitrogens with one attached hydrogen (secondary N) is 2. The van der Waals surface area contributed by atoms with Gasteiger partial charge in [0.05, 0.1) is 4.90 Å². The topological polar surface area (TPSA) is 58.2 Å². The Bertz CT molecular complexity index is 426. The van der Waals surface area contributed by atoms with E-state index >= 15 is 0 Å². The van der Waals surface area contributed by atoms with Crippen molar-refractivity contribution < 1.29 is 8.42 Å². The summed E-state index contributed by atoms with van der Waals surface area (Å²) in [7, 11) is -1.55. The van der Waals surface area contributed by atoms with Crippen LogP contribution >= 0.6 is 0 Å². The van der Waals surface area contributed by atoms with Gasteiger partial charge in [-0.15, -0.1) is 0 Å². The van der Waals surface area contributed by atoms with Crippen LogP contribution in [-0.4, -0.2) is 22.0 Å². The van der Waals surface area contributed by atoms with Gasteiger partial charge in [0, 0.05) is 19.3 Å². The van der Waals surface area contributed by atoms with Crippen LogP contribution in [0.15, 0.2) is 29.2 Å². The van der Waals surface area contributed by atoms with Gasteiger partial charge in [-0.1, -0.05) is 19.8 Å². The molecule has 96 valence electrons. The van der Waals surface area contributed by atoms with Crippen molar-refractivity contribution in [2.24, 2.45) is 0 Å². The fourth-order valence-electron chi connectivity index (χ4n) is 1.47. The number of unbranched alkanes of at least 4 members (excludes halogenated alkanes) is 2. The molecule has 17 heavy (non-hydrogen) atoms. The number of rotatable bonds is 7. The Hall–Kier alpha value is -1.07. The van der Waals surface area contributed by atoms with Crippen LogP contribution in [0.25, 0.3) is 0 Å². The lowest BCUT2D eigenvalue weighted by molar-refractivity contribution is 0.576. The first-order chi connectivity index (χ1) is 8.10. The maximum absolute atomic E-state index is 11.9. The monoisotopic (exact) mass is 256 g/mol. The normalized spacial score (nSPS) is 11.4. The number of benzene rings is 1. The van der Waals surface area contributed by atoms with Crippen LogP contribution in [0.5, 0.6) is 0 Å². The zero-order valence-electron chi connectivity index (χ0n) is 10.4. The number of hydrogen-bond acceptors (Lipinski definition) is 3. The zero-order chi connectivity index (χ0) is 12.7. The van der Waals surface area contributed by atoms with Gasteiger partial charge in [0.2, 0.25) is 10.0 Å². The SMILES string of the molecule is CCCCCNS(=O)(=O)c1ccc(NC)cc1. The lowest BCUT2D eigenvalue weighted by atomic mass is 10.3. The van der Waals surface area contributed by atoms with Gasteiger partial charge in [-0.3, -0.25) is 0 Å². The summed E-state index contributed by atoms with van der Waals surface area (Å²) in [6.45, 7) is 2.59. The van der Waals surface area contributed by atoms with Crippen LogP contribution in [0, 0.1) is 0 Å². The molecule has 5 heteroatoms. The molecule has 0 radical (unpaired) electrons. The molecule has 0 aliphatic carbocycles. The summed E-state index contributed by atoms with van der Waals surface area (Å²) in [5.41, 5.74) is 0.898. The molecule has 0 heterocycles. The maximum atomic E-state index is 11.9. The standard InChI is InChI=1S/C12H20N2O2S/c1-3-4-5-10-14-17(15,16)12-8-6-11(13-2)7-9-12/h6-9,13-14H,3-5,10H2,1-2H3. The summed E-state index contributed by atoms with van der Waals surface area (Å²) in [5, 5.41) is 2.95. The van der Waals surface area contributed by atoms with Gasteiger partial charge in [0.25, 0.3) is 0 Å². The summed E-state index contributed by atoms with van der Waals surface area (Å²) in [5.74, 6) is 0. The van der Waals surface area contributed by atoms with Gasteiger partial charge in [0.15, 0.2) is 0 Å². The average Bonchev–Trinajstić information content (AvgIpc) is 2.35. The van der Waals surface area contributed by atoms with E-state index in [9.17, 15) is 8.42 Å². The van der Waals surface area contributed by atoms with Crippen LogP contribution < -0.4 is 10.0 Å². The highest BCUT2D eigenvalue weighted by Gasteiger charge is 2.12. The van der Waals surface area contributed by atoms with Crippen molar-refractivity contribution >= 4 is 15.7 Å². The number of anilines is 1. The van der Waals surface area contributed by atoms with Crippen LogP contribution in [0.3, 0.4) is 0 Å². The summed E-state index contributed by atoms with van der Waals surface area (Å²) in [6, 6.07) is 6.71. The fraction of sp³-hybridized carbons (Fsp3) is 0.500. The predicted octanol–water partition coefficient (Wildman–Crippen LogP) is 2.20. The van der Waals surface area contributed by atoms with Crippen molar-refractivity contribution in [1.82, 2.24) is 4.72 Å². The van der Waals surface area contributed by atoms with Crippen molar-refractivity contribution in [3.05, 3.63) is 24.3 Å². The molecular formula is C12H20N2O2S. The van der Waals surface area contributed by atoms with Crippen molar-refractivity contribution in [2.45, 2.75) is 31.1 Å². The van der Waals surface area contributed by atoms with Crippen LogP contribution in [0.4, 0.5) is 5.69 Å². The van der Waals surface area contributed by atoms with E-state index in [0.29, 0.717) is 11.4 Å².